The second-order valence-electron chi connectivity index (χ2n) is 7.90. The van der Waals surface area contributed by atoms with E-state index in [0.717, 1.165) is 29.9 Å². The number of H-pyrrole nitrogens is 1. The molecule has 0 atom stereocenters. The number of nitrogens with one attached hydrogen (secondary N) is 2. The number of piperidine rings is 1. The molecule has 0 spiro atoms. The largest absolute Gasteiger partial charge is 0.353 e. The summed E-state index contributed by atoms with van der Waals surface area (Å²) in [5, 5.41) is 26.5. The Morgan fingerprint density at radius 2 is 1.94 bits per heavy atom. The Morgan fingerprint density at radius 1 is 1.15 bits per heavy atom. The number of aryl methyl sites for hydroxylation is 1. The minimum absolute atomic E-state index is 0.132. The van der Waals surface area contributed by atoms with E-state index in [4.69, 9.17) is 0 Å². The minimum Gasteiger partial charge on any atom is -0.351 e. The van der Waals surface area contributed by atoms with Crippen LogP contribution in [0.2, 0.25) is 0 Å². The van der Waals surface area contributed by atoms with Crippen molar-refractivity contribution in [2.24, 2.45) is 0 Å². The van der Waals surface area contributed by atoms with Gasteiger partial charge in [0.25, 0.3) is 0 Å². The summed E-state index contributed by atoms with van der Waals surface area (Å²) in [6.45, 7) is 3.29. The van der Waals surface area contributed by atoms with Crippen molar-refractivity contribution in [1.29, 1.82) is 0 Å². The summed E-state index contributed by atoms with van der Waals surface area (Å²) in [6.07, 6.45) is 6.10. The average molecular weight is 446 g/mol. The number of hydrogen-bond donors (Lipinski definition) is 2. The number of anilines is 3. The highest BCUT2D eigenvalue weighted by atomic mass is 16.6. The average Bonchev–Trinajstić information content (AvgIpc) is 3.52. The number of aromatic amines is 1. The summed E-state index contributed by atoms with van der Waals surface area (Å²) in [4.78, 5) is 25.9. The van der Waals surface area contributed by atoms with Crippen molar-refractivity contribution in [2.75, 3.05) is 23.3 Å². The Labute approximate surface area is 188 Å². The maximum Gasteiger partial charge on any atom is 0.353 e. The summed E-state index contributed by atoms with van der Waals surface area (Å²) in [7, 11) is 0. The fourth-order valence-electron chi connectivity index (χ4n) is 4.07. The molecular weight excluding hydrogens is 424 g/mol. The monoisotopic (exact) mass is 446 g/mol. The van der Waals surface area contributed by atoms with Crippen molar-refractivity contribution in [2.45, 2.75) is 25.7 Å². The van der Waals surface area contributed by atoms with Gasteiger partial charge in [0.1, 0.15) is 19.0 Å². The normalized spacial score (nSPS) is 14.4. The van der Waals surface area contributed by atoms with E-state index in [1.807, 2.05) is 24.0 Å². The lowest BCUT2D eigenvalue weighted by molar-refractivity contribution is -0.383. The van der Waals surface area contributed by atoms with Gasteiger partial charge < -0.3 is 10.2 Å². The summed E-state index contributed by atoms with van der Waals surface area (Å²) in [6, 6.07) is 9.35. The second kappa shape index (κ2) is 8.65. The molecule has 5 rings (SSSR count). The lowest BCUT2D eigenvalue weighted by Gasteiger charge is -2.31. The van der Waals surface area contributed by atoms with E-state index in [-0.39, 0.29) is 11.5 Å². The summed E-state index contributed by atoms with van der Waals surface area (Å²) < 4.78 is 1.63. The standard InChI is InChI=1S/C21H22N10O2/c1-14-10-18(28-27-14)15-6-8-29(9-7-15)21-19(31(32)33)20(23-12-24-21)26-16-2-4-17(5-3-16)30-13-22-11-25-30/h2-5,10-13,15H,6-9H2,1H3,(H,27,28)(H,23,24,26). The molecule has 3 aromatic heterocycles. The Morgan fingerprint density at radius 3 is 2.58 bits per heavy atom. The van der Waals surface area contributed by atoms with E-state index in [1.54, 1.807) is 23.1 Å². The SMILES string of the molecule is Cc1cc(C2CCN(c3ncnc(Nc4ccc(-n5cncn5)cc4)c3[N+](=O)[O-])CC2)n[nH]1. The second-order valence-corrected chi connectivity index (χ2v) is 7.90. The maximum absolute atomic E-state index is 12.0. The summed E-state index contributed by atoms with van der Waals surface area (Å²) in [5.74, 6) is 0.810. The van der Waals surface area contributed by atoms with Crippen LogP contribution >= 0.6 is 0 Å². The maximum atomic E-state index is 12.0. The molecule has 33 heavy (non-hydrogen) atoms. The lowest BCUT2D eigenvalue weighted by atomic mass is 9.93. The van der Waals surface area contributed by atoms with Crippen LogP contribution in [0.5, 0.6) is 0 Å². The molecule has 1 aliphatic heterocycles. The lowest BCUT2D eigenvalue weighted by Crippen LogP contribution is -2.34. The Hall–Kier alpha value is -4.35. The number of nitrogens with zero attached hydrogens (tertiary/aromatic N) is 8. The quantitative estimate of drug-likeness (QED) is 0.337. The molecule has 4 heterocycles. The van der Waals surface area contributed by atoms with Crippen LogP contribution < -0.4 is 10.2 Å². The number of aromatic nitrogens is 7. The third-order valence-electron chi connectivity index (χ3n) is 5.74. The van der Waals surface area contributed by atoms with Gasteiger partial charge in [-0.2, -0.15) is 10.2 Å². The van der Waals surface area contributed by atoms with Gasteiger partial charge in [-0.1, -0.05) is 0 Å². The fraction of sp³-hybridized carbons (Fsp3) is 0.286. The highest BCUT2D eigenvalue weighted by Crippen LogP contribution is 2.37. The van der Waals surface area contributed by atoms with Crippen LogP contribution in [0.3, 0.4) is 0 Å². The van der Waals surface area contributed by atoms with Crippen LogP contribution in [0.1, 0.15) is 30.1 Å². The van der Waals surface area contributed by atoms with Gasteiger partial charge in [0.2, 0.25) is 11.6 Å². The predicted molar refractivity (Wildman–Crippen MR) is 121 cm³/mol. The van der Waals surface area contributed by atoms with E-state index in [0.29, 0.717) is 30.5 Å². The molecule has 0 aliphatic carbocycles. The highest BCUT2D eigenvalue weighted by Gasteiger charge is 2.30. The molecule has 0 unspecified atom stereocenters. The van der Waals surface area contributed by atoms with Crippen molar-refractivity contribution in [3.05, 3.63) is 70.8 Å². The van der Waals surface area contributed by atoms with Gasteiger partial charge in [-0.25, -0.2) is 19.6 Å². The molecule has 1 aliphatic rings. The number of rotatable bonds is 6. The molecule has 12 nitrogen and oxygen atoms in total. The van der Waals surface area contributed by atoms with Crippen molar-refractivity contribution >= 4 is 23.0 Å². The highest BCUT2D eigenvalue weighted by molar-refractivity contribution is 5.74. The van der Waals surface area contributed by atoms with E-state index < -0.39 is 4.92 Å². The molecule has 2 N–H and O–H groups in total. The summed E-state index contributed by atoms with van der Waals surface area (Å²) >= 11 is 0. The van der Waals surface area contributed by atoms with Gasteiger partial charge in [-0.15, -0.1) is 0 Å². The van der Waals surface area contributed by atoms with Crippen LogP contribution in [-0.2, 0) is 0 Å². The van der Waals surface area contributed by atoms with Gasteiger partial charge >= 0.3 is 5.69 Å². The van der Waals surface area contributed by atoms with E-state index >= 15 is 0 Å². The molecule has 168 valence electrons. The minimum atomic E-state index is -0.426. The smallest absolute Gasteiger partial charge is 0.351 e. The van der Waals surface area contributed by atoms with Crippen LogP contribution in [0.25, 0.3) is 5.69 Å². The van der Waals surface area contributed by atoms with Crippen molar-refractivity contribution in [1.82, 2.24) is 34.9 Å². The molecule has 0 amide bonds. The molecule has 0 radical (unpaired) electrons. The molecule has 1 fully saturated rings. The van der Waals surface area contributed by atoms with E-state index in [1.165, 1.54) is 12.7 Å². The zero-order chi connectivity index (χ0) is 22.8. The first kappa shape index (κ1) is 20.5. The van der Waals surface area contributed by atoms with Gasteiger partial charge in [-0.3, -0.25) is 15.2 Å². The van der Waals surface area contributed by atoms with Crippen molar-refractivity contribution in [3.63, 3.8) is 0 Å². The molecule has 1 aromatic carbocycles. The molecule has 0 bridgehead atoms. The first-order valence-corrected chi connectivity index (χ1v) is 10.6. The Bertz CT molecular complexity index is 1240. The molecule has 12 heteroatoms. The van der Waals surface area contributed by atoms with Gasteiger partial charge in [0.15, 0.2) is 0 Å². The topological polar surface area (TPSA) is 144 Å². The van der Waals surface area contributed by atoms with Crippen LogP contribution in [-0.4, -0.2) is 52.9 Å². The van der Waals surface area contributed by atoms with Crippen molar-refractivity contribution < 1.29 is 4.92 Å². The molecular formula is C21H22N10O2. The first-order valence-electron chi connectivity index (χ1n) is 10.6. The molecule has 1 saturated heterocycles. The number of hydrogen-bond acceptors (Lipinski definition) is 9. The van der Waals surface area contributed by atoms with Gasteiger partial charge in [0.05, 0.1) is 16.3 Å². The molecule has 4 aromatic rings. The Kier molecular flexibility index (Phi) is 5.39. The van der Waals surface area contributed by atoms with Crippen molar-refractivity contribution in [3.8, 4) is 5.69 Å². The number of benzene rings is 1. The fourth-order valence-corrected chi connectivity index (χ4v) is 4.07. The first-order chi connectivity index (χ1) is 16.1. The third-order valence-corrected chi connectivity index (χ3v) is 5.74. The zero-order valence-corrected chi connectivity index (χ0v) is 17.9. The Balaban J connectivity index is 1.35. The van der Waals surface area contributed by atoms with Gasteiger partial charge in [-0.05, 0) is 50.1 Å². The number of nitro groups is 1. The van der Waals surface area contributed by atoms with Crippen LogP contribution in [0.4, 0.5) is 23.0 Å². The van der Waals surface area contributed by atoms with E-state index in [9.17, 15) is 10.1 Å². The molecule has 0 saturated carbocycles. The third kappa shape index (κ3) is 4.22. The van der Waals surface area contributed by atoms with E-state index in [2.05, 4.69) is 41.6 Å². The van der Waals surface area contributed by atoms with Crippen LogP contribution in [0, 0.1) is 17.0 Å². The summed E-state index contributed by atoms with van der Waals surface area (Å²) in [5.41, 5.74) is 3.43. The van der Waals surface area contributed by atoms with Gasteiger partial charge in [0, 0.05) is 30.4 Å². The zero-order valence-electron chi connectivity index (χ0n) is 17.9. The van der Waals surface area contributed by atoms with Crippen LogP contribution in [0.15, 0.2) is 49.3 Å². The predicted octanol–water partition coefficient (Wildman–Crippen LogP) is 3.12.